The first-order chi connectivity index (χ1) is 58.1. The van der Waals surface area contributed by atoms with Crippen LogP contribution in [-0.4, -0.2) is 15.8 Å². The van der Waals surface area contributed by atoms with Crippen LogP contribution in [0.5, 0.6) is 0 Å². The van der Waals surface area contributed by atoms with E-state index in [1.807, 2.05) is 0 Å². The Kier molecular flexibility index (Phi) is 13.5. The van der Waals surface area contributed by atoms with Gasteiger partial charge in [-0.3, -0.25) is 0 Å². The fraction of sp³-hybridized carbons (Fsp3) is 0. The summed E-state index contributed by atoms with van der Waals surface area (Å²) in [6, 6.07) is 154. The molecule has 0 aliphatic carbocycles. The predicted molar refractivity (Wildman–Crippen MR) is 497 cm³/mol. The van der Waals surface area contributed by atoms with Crippen LogP contribution < -0.4 is 26.2 Å². The van der Waals surface area contributed by atoms with Gasteiger partial charge in [-0.05, 0) is 209 Å². The minimum absolute atomic E-state index is 0.306. The van der Waals surface area contributed by atoms with Gasteiger partial charge in [0.1, 0.15) is 0 Å². The third-order valence-corrected chi connectivity index (χ3v) is 26.1. The van der Waals surface area contributed by atoms with E-state index in [0.29, 0.717) is 0 Å². The molecule has 24 aromatic rings. The second-order valence-corrected chi connectivity index (χ2v) is 32.0. The summed E-state index contributed by atoms with van der Waals surface area (Å²) in [5, 5.41) is 20.6. The fourth-order valence-electron chi connectivity index (χ4n) is 21.2. The fourth-order valence-corrected chi connectivity index (χ4v) is 21.2. The number of aromatic nitrogens is 2. The Balaban J connectivity index is 0.827. The molecule has 22 aromatic carbocycles. The molecule has 0 fully saturated rings. The van der Waals surface area contributed by atoms with Crippen LogP contribution in [-0.2, 0) is 0 Å². The third kappa shape index (κ3) is 9.19. The molecule has 0 bridgehead atoms. The highest BCUT2D eigenvalue weighted by atomic mass is 15.2. The van der Waals surface area contributed by atoms with Crippen molar-refractivity contribution in [2.24, 2.45) is 0 Å². The van der Waals surface area contributed by atoms with Gasteiger partial charge < -0.3 is 18.9 Å². The lowest BCUT2D eigenvalue weighted by Crippen LogP contribution is -2.61. The summed E-state index contributed by atoms with van der Waals surface area (Å²) in [5.74, 6) is 0. The van der Waals surface area contributed by atoms with Crippen molar-refractivity contribution in [3.05, 3.63) is 406 Å². The van der Waals surface area contributed by atoms with Crippen molar-refractivity contribution < 1.29 is 0 Å². The monoisotopic (exact) mass is 1480 g/mol. The smallest absolute Gasteiger partial charge is 0.252 e. The Morgan fingerprint density at radius 1 is 0.179 bits per heavy atom. The zero-order chi connectivity index (χ0) is 76.2. The highest BCUT2D eigenvalue weighted by molar-refractivity contribution is 7.00. The zero-order valence-corrected chi connectivity index (χ0v) is 63.5. The normalized spacial score (nSPS) is 12.7. The van der Waals surface area contributed by atoms with Crippen LogP contribution in [0.4, 0.5) is 34.1 Å². The maximum atomic E-state index is 2.73. The first-order valence-corrected chi connectivity index (χ1v) is 40.7. The number of rotatable bonds is 11. The average molecular weight is 1480 g/mol. The zero-order valence-electron chi connectivity index (χ0n) is 63.5. The highest BCUT2D eigenvalue weighted by Gasteiger charge is 2.46. The topological polar surface area (TPSA) is 16.3 Å². The van der Waals surface area contributed by atoms with Crippen molar-refractivity contribution in [3.63, 3.8) is 0 Å². The van der Waals surface area contributed by atoms with E-state index in [2.05, 4.69) is 425 Å². The first-order valence-electron chi connectivity index (χ1n) is 40.7. The Hall–Kier alpha value is -15.3. The number of nitrogens with zero attached hydrogens (tertiary/aromatic N) is 4. The molecule has 2 aliphatic heterocycles. The summed E-state index contributed by atoms with van der Waals surface area (Å²) in [4.78, 5) is 5.45. The van der Waals surface area contributed by atoms with Crippen molar-refractivity contribution in [2.75, 3.05) is 9.80 Å². The number of para-hydroxylation sites is 2. The number of fused-ring (bicyclic) bond motifs is 6. The molecule has 4 nitrogen and oxygen atoms in total. The lowest BCUT2D eigenvalue weighted by Gasteiger charge is -2.46. The summed E-state index contributed by atoms with van der Waals surface area (Å²) in [6.07, 6.45) is 0. The van der Waals surface area contributed by atoms with Crippen LogP contribution in [0, 0.1) is 0 Å². The minimum Gasteiger partial charge on any atom is -0.310 e. The summed E-state index contributed by atoms with van der Waals surface area (Å²) in [7, 11) is 0. The Labute approximate surface area is 675 Å². The molecule has 0 amide bonds. The third-order valence-electron chi connectivity index (χ3n) is 26.1. The van der Waals surface area contributed by atoms with E-state index in [-0.39, 0.29) is 6.71 Å². The highest BCUT2D eigenvalue weighted by Crippen LogP contribution is 2.57. The molecule has 0 saturated carbocycles. The summed E-state index contributed by atoms with van der Waals surface area (Å²) in [5.41, 5.74) is 33.0. The molecule has 2 aromatic heterocycles. The first kappa shape index (κ1) is 64.2. The molecule has 538 valence electrons. The van der Waals surface area contributed by atoms with Crippen LogP contribution in [0.3, 0.4) is 0 Å². The minimum atomic E-state index is -0.306. The Bertz CT molecular complexity index is 7820. The van der Waals surface area contributed by atoms with Gasteiger partial charge in [-0.1, -0.05) is 334 Å². The standard InChI is InChI=1S/C112H67BN4/c1-6-24-68(25-7-1)77-38-16-40-79(62-77)86-44-23-45-87(80-41-17-39-78(63-80)69-26-8-2-9-27-69)112(86)117-99-67-83(115-96-60-52-75-36-20-48-90-91-49-21-37-76-53-61-97(115)109(105(76)91)108(96)104(75)90)55-57-93(99)113-92-56-54-82(114-94-58-50-73-34-18-46-88-89-47-19-35-74-51-59-95(114)107(103(74)89)106(94)102(73)88)66-98(92)116(100-64-81(65-101(117)110(100)113)70-28-10-3-11-29-70)111-84(71-30-12-4-13-31-71)42-22-43-85(111)72-32-14-5-15-33-72/h1-67H. The second-order valence-electron chi connectivity index (χ2n) is 32.0. The summed E-state index contributed by atoms with van der Waals surface area (Å²) < 4.78 is 5.18. The van der Waals surface area contributed by atoms with Crippen molar-refractivity contribution >= 4 is 165 Å². The van der Waals surface area contributed by atoms with Crippen LogP contribution in [0.1, 0.15) is 0 Å². The number of benzene rings is 22. The van der Waals surface area contributed by atoms with Crippen molar-refractivity contribution in [2.45, 2.75) is 0 Å². The van der Waals surface area contributed by atoms with Gasteiger partial charge in [0.05, 0.1) is 33.4 Å². The SMILES string of the molecule is c1ccc(-c2cccc(-c3cccc(-c4cccc(-c5ccccc5)c4)c3N3c4cc(-n5c6ccc7cccc8c9cccc%10ccc5c(c%109)c6c78)ccc4B4c5ccc(-n6c7ccc8cccc9c%10cccc%11ccc6c(c%11%10)c7c89)cc5N(c5c(-c6ccccc6)cccc5-c5ccccc5)c5cc(-c6ccccc6)cc3c54)c2)cc1. The van der Waals surface area contributed by atoms with Gasteiger partial charge in [0, 0.05) is 77.9 Å². The molecule has 0 spiro atoms. The molecule has 0 saturated heterocycles. The largest absolute Gasteiger partial charge is 0.310 e. The molecule has 0 N–H and O–H groups in total. The van der Waals surface area contributed by atoms with E-state index in [1.54, 1.807) is 0 Å². The molecule has 117 heavy (non-hydrogen) atoms. The van der Waals surface area contributed by atoms with Gasteiger partial charge in [0.25, 0.3) is 6.71 Å². The lowest BCUT2D eigenvalue weighted by atomic mass is 9.33. The molecule has 4 heterocycles. The molecule has 2 aliphatic rings. The van der Waals surface area contributed by atoms with Crippen molar-refractivity contribution in [1.29, 1.82) is 0 Å². The number of hydrogen-bond donors (Lipinski definition) is 0. The van der Waals surface area contributed by atoms with E-state index < -0.39 is 0 Å². The Morgan fingerprint density at radius 3 is 0.821 bits per heavy atom. The van der Waals surface area contributed by atoms with E-state index in [1.165, 1.54) is 125 Å². The van der Waals surface area contributed by atoms with Gasteiger partial charge in [-0.25, -0.2) is 0 Å². The molecule has 0 atom stereocenters. The molecule has 26 rings (SSSR count). The van der Waals surface area contributed by atoms with Crippen LogP contribution in [0.25, 0.3) is 198 Å². The van der Waals surface area contributed by atoms with E-state index in [9.17, 15) is 0 Å². The van der Waals surface area contributed by atoms with E-state index in [0.717, 1.165) is 123 Å². The molecule has 0 unspecified atom stereocenters. The van der Waals surface area contributed by atoms with Gasteiger partial charge in [0.15, 0.2) is 0 Å². The van der Waals surface area contributed by atoms with Gasteiger partial charge in [-0.2, -0.15) is 0 Å². The molecule has 5 heteroatoms. The van der Waals surface area contributed by atoms with E-state index >= 15 is 0 Å². The quantitative estimate of drug-likeness (QED) is 0.0729. The van der Waals surface area contributed by atoms with Gasteiger partial charge in [-0.15, -0.1) is 0 Å². The van der Waals surface area contributed by atoms with E-state index in [4.69, 9.17) is 0 Å². The van der Waals surface area contributed by atoms with Crippen LogP contribution >= 0.6 is 0 Å². The maximum Gasteiger partial charge on any atom is 0.252 e. The summed E-state index contributed by atoms with van der Waals surface area (Å²) in [6.45, 7) is -0.306. The van der Waals surface area contributed by atoms with Crippen LogP contribution in [0.15, 0.2) is 406 Å². The second kappa shape index (κ2) is 24.6. The predicted octanol–water partition coefficient (Wildman–Crippen LogP) is 28.3. The Morgan fingerprint density at radius 2 is 0.470 bits per heavy atom. The molecular weight excluding hydrogens is 1410 g/mol. The lowest BCUT2D eigenvalue weighted by molar-refractivity contribution is 1.17. The molecular formula is C112H67BN4. The van der Waals surface area contributed by atoms with Crippen molar-refractivity contribution in [3.8, 4) is 89.3 Å². The van der Waals surface area contributed by atoms with Crippen molar-refractivity contribution in [1.82, 2.24) is 9.13 Å². The van der Waals surface area contributed by atoms with Crippen LogP contribution in [0.2, 0.25) is 0 Å². The summed E-state index contributed by atoms with van der Waals surface area (Å²) >= 11 is 0. The maximum absolute atomic E-state index is 2.73. The average Bonchev–Trinajstić information content (AvgIpc) is 1.63. The number of hydrogen-bond acceptors (Lipinski definition) is 2. The van der Waals surface area contributed by atoms with Gasteiger partial charge >= 0.3 is 0 Å². The number of anilines is 6. The van der Waals surface area contributed by atoms with Gasteiger partial charge in [0.2, 0.25) is 0 Å². The molecule has 0 radical (unpaired) electrons.